The molecule has 0 aromatic heterocycles. The van der Waals surface area contributed by atoms with Crippen molar-refractivity contribution >= 4 is 11.7 Å². The van der Waals surface area contributed by atoms with Crippen molar-refractivity contribution in [3.05, 3.63) is 39.4 Å². The Morgan fingerprint density at radius 1 is 1.38 bits per heavy atom. The molecule has 1 aliphatic carbocycles. The zero-order valence-corrected chi connectivity index (χ0v) is 12.7. The smallest absolute Gasteiger partial charge is 0.308 e. The molecule has 0 saturated carbocycles. The van der Waals surface area contributed by atoms with Gasteiger partial charge in [-0.05, 0) is 31.7 Å². The van der Waals surface area contributed by atoms with E-state index in [2.05, 4.69) is 0 Å². The summed E-state index contributed by atoms with van der Waals surface area (Å²) >= 11 is 0. The van der Waals surface area contributed by atoms with Crippen molar-refractivity contribution in [2.45, 2.75) is 52.1 Å². The Labute approximate surface area is 124 Å². The van der Waals surface area contributed by atoms with Crippen LogP contribution in [0.15, 0.2) is 18.2 Å². The number of benzene rings is 1. The zero-order chi connectivity index (χ0) is 15.6. The van der Waals surface area contributed by atoms with Crippen LogP contribution in [0.25, 0.3) is 0 Å². The van der Waals surface area contributed by atoms with Crippen LogP contribution in [-0.4, -0.2) is 17.0 Å². The van der Waals surface area contributed by atoms with E-state index in [9.17, 15) is 14.9 Å². The molecule has 0 N–H and O–H groups in total. The molecule has 0 fully saturated rings. The number of hydrogen-bond acceptors (Lipinski definition) is 4. The SMILES string of the molecule is CC(C)C(=O)OC(C)C1CCCc2cccc([N+](=O)[O-])c21. The molecular formula is C16H21NO4. The number of rotatable bonds is 4. The fourth-order valence-electron chi connectivity index (χ4n) is 2.93. The molecule has 1 aromatic rings. The minimum Gasteiger partial charge on any atom is -0.462 e. The van der Waals surface area contributed by atoms with Gasteiger partial charge >= 0.3 is 5.97 Å². The van der Waals surface area contributed by atoms with E-state index >= 15 is 0 Å². The molecule has 0 heterocycles. The molecule has 2 rings (SSSR count). The van der Waals surface area contributed by atoms with E-state index in [0.717, 1.165) is 30.4 Å². The standard InChI is InChI=1S/C16H21NO4/c1-10(2)16(18)21-11(3)13-8-4-6-12-7-5-9-14(15(12)13)17(19)20/h5,7,9-11,13H,4,6,8H2,1-3H3. The van der Waals surface area contributed by atoms with Crippen LogP contribution in [0.2, 0.25) is 0 Å². The molecule has 0 radical (unpaired) electrons. The lowest BCUT2D eigenvalue weighted by molar-refractivity contribution is -0.386. The maximum absolute atomic E-state index is 11.8. The lowest BCUT2D eigenvalue weighted by Gasteiger charge is -2.30. The van der Waals surface area contributed by atoms with Crippen molar-refractivity contribution in [1.82, 2.24) is 0 Å². The molecule has 0 bridgehead atoms. The number of nitro groups is 1. The fourth-order valence-corrected chi connectivity index (χ4v) is 2.93. The minimum atomic E-state index is -0.347. The number of carbonyl (C=O) groups is 1. The normalized spacial score (nSPS) is 19.0. The highest BCUT2D eigenvalue weighted by atomic mass is 16.6. The number of esters is 1. The van der Waals surface area contributed by atoms with Crippen LogP contribution in [0.3, 0.4) is 0 Å². The van der Waals surface area contributed by atoms with Crippen molar-refractivity contribution in [3.8, 4) is 0 Å². The summed E-state index contributed by atoms with van der Waals surface area (Å²) in [7, 11) is 0. The maximum Gasteiger partial charge on any atom is 0.308 e. The van der Waals surface area contributed by atoms with Gasteiger partial charge in [-0.2, -0.15) is 0 Å². The first-order valence-electron chi connectivity index (χ1n) is 7.38. The van der Waals surface area contributed by atoms with E-state index in [1.54, 1.807) is 19.9 Å². The summed E-state index contributed by atoms with van der Waals surface area (Å²) in [6.45, 7) is 5.40. The van der Waals surface area contributed by atoms with Gasteiger partial charge in [-0.3, -0.25) is 14.9 Å². The average Bonchev–Trinajstić information content (AvgIpc) is 2.45. The van der Waals surface area contributed by atoms with Crippen molar-refractivity contribution in [3.63, 3.8) is 0 Å². The second-order valence-electron chi connectivity index (χ2n) is 5.90. The summed E-state index contributed by atoms with van der Waals surface area (Å²) in [4.78, 5) is 22.7. The van der Waals surface area contributed by atoms with Gasteiger partial charge in [0, 0.05) is 17.5 Å². The number of nitro benzene ring substituents is 1. The molecule has 2 unspecified atom stereocenters. The number of ether oxygens (including phenoxy) is 1. The lowest BCUT2D eigenvalue weighted by Crippen LogP contribution is -2.28. The highest BCUT2D eigenvalue weighted by Crippen LogP contribution is 2.40. The maximum atomic E-state index is 11.8. The van der Waals surface area contributed by atoms with Gasteiger partial charge in [0.2, 0.25) is 0 Å². The Balaban J connectivity index is 2.33. The van der Waals surface area contributed by atoms with E-state index in [0.29, 0.717) is 0 Å². The van der Waals surface area contributed by atoms with Crippen LogP contribution in [0.4, 0.5) is 5.69 Å². The molecule has 0 amide bonds. The Bertz CT molecular complexity index is 553. The van der Waals surface area contributed by atoms with Gasteiger partial charge in [-0.15, -0.1) is 0 Å². The quantitative estimate of drug-likeness (QED) is 0.483. The van der Waals surface area contributed by atoms with Crippen LogP contribution >= 0.6 is 0 Å². The van der Waals surface area contributed by atoms with Gasteiger partial charge in [0.1, 0.15) is 6.10 Å². The van der Waals surface area contributed by atoms with Crippen molar-refractivity contribution in [2.24, 2.45) is 5.92 Å². The third-order valence-electron chi connectivity index (χ3n) is 4.04. The largest absolute Gasteiger partial charge is 0.462 e. The molecule has 21 heavy (non-hydrogen) atoms. The molecule has 5 nitrogen and oxygen atoms in total. The zero-order valence-electron chi connectivity index (χ0n) is 12.7. The number of nitrogens with zero attached hydrogens (tertiary/aromatic N) is 1. The topological polar surface area (TPSA) is 69.4 Å². The summed E-state index contributed by atoms with van der Waals surface area (Å²) in [6, 6.07) is 5.20. The monoisotopic (exact) mass is 291 g/mol. The molecule has 0 saturated heterocycles. The highest BCUT2D eigenvalue weighted by molar-refractivity contribution is 5.71. The predicted octanol–water partition coefficient (Wildman–Crippen LogP) is 3.60. The summed E-state index contributed by atoms with van der Waals surface area (Å²) < 4.78 is 5.48. The Morgan fingerprint density at radius 3 is 2.71 bits per heavy atom. The number of aryl methyl sites for hydroxylation is 1. The molecule has 114 valence electrons. The molecule has 1 aromatic carbocycles. The fraction of sp³-hybridized carbons (Fsp3) is 0.562. The summed E-state index contributed by atoms with van der Waals surface area (Å²) in [5.41, 5.74) is 1.90. The first kappa shape index (κ1) is 15.5. The average molecular weight is 291 g/mol. The summed E-state index contributed by atoms with van der Waals surface area (Å²) in [5, 5.41) is 11.3. The molecule has 5 heteroatoms. The molecule has 0 aliphatic heterocycles. The van der Waals surface area contributed by atoms with Crippen LogP contribution in [0, 0.1) is 16.0 Å². The Kier molecular flexibility index (Phi) is 4.60. The first-order valence-corrected chi connectivity index (χ1v) is 7.38. The van der Waals surface area contributed by atoms with Crippen LogP contribution in [-0.2, 0) is 16.0 Å². The Morgan fingerprint density at radius 2 is 2.10 bits per heavy atom. The van der Waals surface area contributed by atoms with Crippen molar-refractivity contribution in [1.29, 1.82) is 0 Å². The molecular weight excluding hydrogens is 270 g/mol. The number of fused-ring (bicyclic) bond motifs is 1. The van der Waals surface area contributed by atoms with Gasteiger partial charge in [-0.1, -0.05) is 26.0 Å². The third-order valence-corrected chi connectivity index (χ3v) is 4.04. The van der Waals surface area contributed by atoms with Crippen molar-refractivity contribution < 1.29 is 14.5 Å². The van der Waals surface area contributed by atoms with Crippen LogP contribution < -0.4 is 0 Å². The van der Waals surface area contributed by atoms with E-state index < -0.39 is 0 Å². The van der Waals surface area contributed by atoms with E-state index in [-0.39, 0.29) is 34.5 Å². The van der Waals surface area contributed by atoms with E-state index in [1.165, 1.54) is 6.07 Å². The summed E-state index contributed by atoms with van der Waals surface area (Å²) in [6.07, 6.45) is 2.27. The molecule has 2 atom stereocenters. The third kappa shape index (κ3) is 3.23. The van der Waals surface area contributed by atoms with Gasteiger partial charge in [0.05, 0.1) is 10.8 Å². The highest BCUT2D eigenvalue weighted by Gasteiger charge is 2.33. The van der Waals surface area contributed by atoms with Gasteiger partial charge in [0.15, 0.2) is 0 Å². The Hall–Kier alpha value is -1.91. The summed E-state index contributed by atoms with van der Waals surface area (Å²) in [5.74, 6) is -0.549. The lowest BCUT2D eigenvalue weighted by atomic mass is 9.79. The molecule has 1 aliphatic rings. The van der Waals surface area contributed by atoms with Crippen molar-refractivity contribution in [2.75, 3.05) is 0 Å². The van der Waals surface area contributed by atoms with Crippen LogP contribution in [0.5, 0.6) is 0 Å². The number of carbonyl (C=O) groups excluding carboxylic acids is 1. The van der Waals surface area contributed by atoms with E-state index in [1.807, 2.05) is 13.0 Å². The number of hydrogen-bond donors (Lipinski definition) is 0. The van der Waals surface area contributed by atoms with Gasteiger partial charge in [-0.25, -0.2) is 0 Å². The second kappa shape index (κ2) is 6.24. The second-order valence-corrected chi connectivity index (χ2v) is 5.90. The van der Waals surface area contributed by atoms with E-state index in [4.69, 9.17) is 4.74 Å². The minimum absolute atomic E-state index is 0.0990. The van der Waals surface area contributed by atoms with Gasteiger partial charge in [0.25, 0.3) is 5.69 Å². The van der Waals surface area contributed by atoms with Crippen LogP contribution in [0.1, 0.15) is 50.7 Å². The first-order chi connectivity index (χ1) is 9.91. The molecule has 0 spiro atoms. The van der Waals surface area contributed by atoms with Gasteiger partial charge < -0.3 is 4.74 Å². The predicted molar refractivity (Wildman–Crippen MR) is 79.2 cm³/mol.